The second kappa shape index (κ2) is 4.42. The minimum atomic E-state index is 0.0883. The fourth-order valence-electron chi connectivity index (χ4n) is 2.45. The number of thiophene rings is 1. The molecule has 4 heteroatoms. The van der Waals surface area contributed by atoms with E-state index in [2.05, 4.69) is 12.2 Å². The van der Waals surface area contributed by atoms with E-state index >= 15 is 0 Å². The minimum Gasteiger partial charge on any atom is -0.377 e. The van der Waals surface area contributed by atoms with Crippen molar-refractivity contribution in [3.8, 4) is 0 Å². The van der Waals surface area contributed by atoms with Gasteiger partial charge in [-0.2, -0.15) is 0 Å². The predicted molar refractivity (Wildman–Crippen MR) is 67.6 cm³/mol. The topological polar surface area (TPSA) is 38.3 Å². The van der Waals surface area contributed by atoms with Gasteiger partial charge in [-0.25, -0.2) is 0 Å². The van der Waals surface area contributed by atoms with E-state index in [4.69, 9.17) is 4.74 Å². The first-order valence-electron chi connectivity index (χ1n) is 6.22. The maximum absolute atomic E-state index is 12.1. The molecule has 0 bridgehead atoms. The first kappa shape index (κ1) is 11.2. The van der Waals surface area contributed by atoms with E-state index in [0.717, 1.165) is 24.3 Å². The van der Waals surface area contributed by atoms with Gasteiger partial charge in [0.25, 0.3) is 5.91 Å². The number of amides is 1. The van der Waals surface area contributed by atoms with Crippen LogP contribution < -0.4 is 5.32 Å². The lowest BCUT2D eigenvalue weighted by molar-refractivity contribution is -0.00347. The minimum absolute atomic E-state index is 0.0883. The highest BCUT2D eigenvalue weighted by Crippen LogP contribution is 2.32. The maximum atomic E-state index is 12.1. The molecule has 0 saturated carbocycles. The number of hydrogen-bond acceptors (Lipinski definition) is 3. The molecule has 1 fully saturated rings. The molecule has 0 aromatic carbocycles. The monoisotopic (exact) mass is 251 g/mol. The van der Waals surface area contributed by atoms with Crippen molar-refractivity contribution in [2.75, 3.05) is 13.2 Å². The Kier molecular flexibility index (Phi) is 2.92. The molecule has 2 heterocycles. The van der Waals surface area contributed by atoms with E-state index in [1.165, 1.54) is 16.9 Å². The van der Waals surface area contributed by atoms with E-state index in [-0.39, 0.29) is 11.9 Å². The van der Waals surface area contributed by atoms with Gasteiger partial charge in [0.2, 0.25) is 0 Å². The van der Waals surface area contributed by atoms with Crippen LogP contribution in [0.5, 0.6) is 0 Å². The van der Waals surface area contributed by atoms with Gasteiger partial charge in [0.05, 0.1) is 24.8 Å². The van der Waals surface area contributed by atoms with Crippen molar-refractivity contribution < 1.29 is 9.53 Å². The standard InChI is InChI=1S/C13H17NO2S/c1-8-2-3-10-11(7-17-12(10)4-8)13(15)14-9-5-16-6-9/h7-9H,2-6H2,1H3,(H,14,15). The Morgan fingerprint density at radius 1 is 1.53 bits per heavy atom. The maximum Gasteiger partial charge on any atom is 0.252 e. The van der Waals surface area contributed by atoms with Gasteiger partial charge < -0.3 is 10.1 Å². The first-order chi connectivity index (χ1) is 8.24. The Hall–Kier alpha value is -0.870. The number of carbonyl (C=O) groups is 1. The summed E-state index contributed by atoms with van der Waals surface area (Å²) in [5.41, 5.74) is 2.20. The van der Waals surface area contributed by atoms with E-state index in [9.17, 15) is 4.79 Å². The van der Waals surface area contributed by atoms with Crippen LogP contribution in [-0.4, -0.2) is 25.2 Å². The van der Waals surface area contributed by atoms with Crippen molar-refractivity contribution in [2.45, 2.75) is 32.2 Å². The average Bonchev–Trinajstić information content (AvgIpc) is 2.66. The van der Waals surface area contributed by atoms with Crippen LogP contribution in [0.4, 0.5) is 0 Å². The summed E-state index contributed by atoms with van der Waals surface area (Å²) in [6.45, 7) is 3.61. The number of hydrogen-bond donors (Lipinski definition) is 1. The molecular weight excluding hydrogens is 234 g/mol. The Labute approximate surface area is 105 Å². The Bertz CT molecular complexity index is 437. The van der Waals surface area contributed by atoms with E-state index < -0.39 is 0 Å². The molecule has 1 aliphatic heterocycles. The smallest absolute Gasteiger partial charge is 0.252 e. The van der Waals surface area contributed by atoms with E-state index in [0.29, 0.717) is 13.2 Å². The molecule has 0 radical (unpaired) electrons. The Morgan fingerprint density at radius 3 is 3.06 bits per heavy atom. The molecule has 1 aromatic rings. The van der Waals surface area contributed by atoms with Crippen LogP contribution in [0.3, 0.4) is 0 Å². The van der Waals surface area contributed by atoms with Gasteiger partial charge in [-0.05, 0) is 30.7 Å². The zero-order chi connectivity index (χ0) is 11.8. The number of nitrogens with one attached hydrogen (secondary N) is 1. The quantitative estimate of drug-likeness (QED) is 0.873. The largest absolute Gasteiger partial charge is 0.377 e. The second-order valence-electron chi connectivity index (χ2n) is 5.11. The molecule has 1 aromatic heterocycles. The van der Waals surface area contributed by atoms with Gasteiger partial charge in [-0.15, -0.1) is 11.3 Å². The highest BCUT2D eigenvalue weighted by molar-refractivity contribution is 7.10. The number of fused-ring (bicyclic) bond motifs is 1. The second-order valence-corrected chi connectivity index (χ2v) is 6.07. The van der Waals surface area contributed by atoms with Crippen LogP contribution in [0.1, 0.15) is 34.1 Å². The molecule has 2 aliphatic rings. The van der Waals surface area contributed by atoms with Crippen molar-refractivity contribution >= 4 is 17.2 Å². The molecule has 1 atom stereocenters. The number of rotatable bonds is 2. The van der Waals surface area contributed by atoms with Crippen LogP contribution in [0.2, 0.25) is 0 Å². The summed E-state index contributed by atoms with van der Waals surface area (Å²) in [6, 6.07) is 0.223. The van der Waals surface area contributed by atoms with Crippen LogP contribution in [0, 0.1) is 5.92 Å². The number of carbonyl (C=O) groups excluding carboxylic acids is 1. The van der Waals surface area contributed by atoms with Crippen molar-refractivity contribution in [3.05, 3.63) is 21.4 Å². The van der Waals surface area contributed by atoms with Gasteiger partial charge in [0.15, 0.2) is 0 Å². The van der Waals surface area contributed by atoms with Crippen molar-refractivity contribution in [1.29, 1.82) is 0 Å². The first-order valence-corrected chi connectivity index (χ1v) is 7.10. The third kappa shape index (κ3) is 2.11. The fraction of sp³-hybridized carbons (Fsp3) is 0.615. The van der Waals surface area contributed by atoms with E-state index in [1.54, 1.807) is 11.3 Å². The summed E-state index contributed by atoms with van der Waals surface area (Å²) in [5.74, 6) is 0.849. The molecule has 92 valence electrons. The molecule has 17 heavy (non-hydrogen) atoms. The molecule has 3 nitrogen and oxygen atoms in total. The summed E-state index contributed by atoms with van der Waals surface area (Å²) < 4.78 is 5.07. The Morgan fingerprint density at radius 2 is 2.35 bits per heavy atom. The lowest BCUT2D eigenvalue weighted by Crippen LogP contribution is -2.48. The third-order valence-electron chi connectivity index (χ3n) is 3.62. The van der Waals surface area contributed by atoms with Gasteiger partial charge in [0, 0.05) is 10.3 Å². The molecule has 3 rings (SSSR count). The zero-order valence-electron chi connectivity index (χ0n) is 9.99. The lowest BCUT2D eigenvalue weighted by atomic mass is 9.88. The highest BCUT2D eigenvalue weighted by Gasteiger charge is 2.26. The SMILES string of the molecule is CC1CCc2c(C(=O)NC3COC3)csc2C1. The van der Waals surface area contributed by atoms with Crippen molar-refractivity contribution in [2.24, 2.45) is 5.92 Å². The van der Waals surface area contributed by atoms with Gasteiger partial charge in [0.1, 0.15) is 0 Å². The number of ether oxygens (including phenoxy) is 1. The summed E-state index contributed by atoms with van der Waals surface area (Å²) in [4.78, 5) is 13.5. The molecular formula is C13H17NO2S. The summed E-state index contributed by atoms with van der Waals surface area (Å²) >= 11 is 1.74. The van der Waals surface area contributed by atoms with Crippen LogP contribution >= 0.6 is 11.3 Å². The Balaban J connectivity index is 1.76. The van der Waals surface area contributed by atoms with Gasteiger partial charge in [-0.3, -0.25) is 4.79 Å². The summed E-state index contributed by atoms with van der Waals surface area (Å²) in [7, 11) is 0. The average molecular weight is 251 g/mol. The van der Waals surface area contributed by atoms with Crippen LogP contribution in [-0.2, 0) is 17.6 Å². The predicted octanol–water partition coefficient (Wildman–Crippen LogP) is 2.00. The fourth-order valence-corrected chi connectivity index (χ4v) is 3.69. The third-order valence-corrected chi connectivity index (χ3v) is 4.67. The molecule has 0 spiro atoms. The molecule has 1 amide bonds. The molecule has 1 unspecified atom stereocenters. The van der Waals surface area contributed by atoms with Crippen molar-refractivity contribution in [3.63, 3.8) is 0 Å². The zero-order valence-corrected chi connectivity index (χ0v) is 10.8. The summed E-state index contributed by atoms with van der Waals surface area (Å²) in [5, 5.41) is 5.05. The molecule has 1 aliphatic carbocycles. The van der Waals surface area contributed by atoms with Crippen LogP contribution in [0.25, 0.3) is 0 Å². The van der Waals surface area contributed by atoms with Gasteiger partial charge >= 0.3 is 0 Å². The molecule has 1 N–H and O–H groups in total. The molecule has 1 saturated heterocycles. The lowest BCUT2D eigenvalue weighted by Gasteiger charge is -2.27. The normalized spacial score (nSPS) is 23.9. The highest BCUT2D eigenvalue weighted by atomic mass is 32.1. The van der Waals surface area contributed by atoms with Crippen molar-refractivity contribution in [1.82, 2.24) is 5.32 Å². The summed E-state index contributed by atoms with van der Waals surface area (Å²) in [6.07, 6.45) is 3.40. The van der Waals surface area contributed by atoms with E-state index in [1.807, 2.05) is 5.38 Å². The van der Waals surface area contributed by atoms with Crippen LogP contribution in [0.15, 0.2) is 5.38 Å². The van der Waals surface area contributed by atoms with Gasteiger partial charge in [-0.1, -0.05) is 6.92 Å².